The maximum atomic E-state index is 12.0. The molecule has 1 aromatic heterocycles. The molecule has 0 aliphatic carbocycles. The Hall–Kier alpha value is -2.05. The molecule has 19 heavy (non-hydrogen) atoms. The standard InChI is InChI=1S/C12H18N4O3/c1-3-12(10(17)18)5-7-16(8-12)11(19)13-9-4-6-15(2)14-9/h4,6H,3,5,7-8H2,1-2H3,(H,17,18)(H,13,14,19). The van der Waals surface area contributed by atoms with E-state index in [1.807, 2.05) is 6.92 Å². The summed E-state index contributed by atoms with van der Waals surface area (Å²) in [6.07, 6.45) is 2.75. The summed E-state index contributed by atoms with van der Waals surface area (Å²) in [7, 11) is 1.76. The molecule has 1 unspecified atom stereocenters. The molecule has 0 aromatic carbocycles. The zero-order valence-electron chi connectivity index (χ0n) is 11.1. The zero-order chi connectivity index (χ0) is 14.0. The number of amides is 2. The van der Waals surface area contributed by atoms with Crippen LogP contribution in [0, 0.1) is 5.41 Å². The third kappa shape index (κ3) is 2.54. The highest BCUT2D eigenvalue weighted by Gasteiger charge is 2.44. The van der Waals surface area contributed by atoms with Crippen molar-refractivity contribution >= 4 is 17.8 Å². The first-order chi connectivity index (χ1) is 8.97. The molecular formula is C12H18N4O3. The fraction of sp³-hybridized carbons (Fsp3) is 0.583. The van der Waals surface area contributed by atoms with Crippen molar-refractivity contribution in [2.24, 2.45) is 12.5 Å². The number of likely N-dealkylation sites (tertiary alicyclic amines) is 1. The average Bonchev–Trinajstić information content (AvgIpc) is 2.96. The molecule has 2 heterocycles. The number of urea groups is 1. The van der Waals surface area contributed by atoms with Gasteiger partial charge in [-0.1, -0.05) is 6.92 Å². The maximum absolute atomic E-state index is 12.0. The Morgan fingerprint density at radius 3 is 2.79 bits per heavy atom. The third-order valence-electron chi connectivity index (χ3n) is 3.72. The van der Waals surface area contributed by atoms with Crippen LogP contribution >= 0.6 is 0 Å². The normalized spacial score (nSPS) is 22.5. The lowest BCUT2D eigenvalue weighted by Gasteiger charge is -2.22. The molecule has 0 saturated carbocycles. The van der Waals surface area contributed by atoms with E-state index in [9.17, 15) is 14.7 Å². The third-order valence-corrected chi connectivity index (χ3v) is 3.72. The smallest absolute Gasteiger partial charge is 0.323 e. The molecule has 0 spiro atoms. The summed E-state index contributed by atoms with van der Waals surface area (Å²) in [4.78, 5) is 24.9. The number of carbonyl (C=O) groups excluding carboxylic acids is 1. The second-order valence-corrected chi connectivity index (χ2v) is 4.92. The number of carboxylic acids is 1. The lowest BCUT2D eigenvalue weighted by atomic mass is 9.84. The molecule has 1 aliphatic heterocycles. The van der Waals surface area contributed by atoms with Crippen molar-refractivity contribution in [1.29, 1.82) is 0 Å². The maximum Gasteiger partial charge on any atom is 0.323 e. The van der Waals surface area contributed by atoms with Crippen LogP contribution in [-0.2, 0) is 11.8 Å². The molecule has 1 aliphatic rings. The number of rotatable bonds is 3. The average molecular weight is 266 g/mol. The first kappa shape index (κ1) is 13.4. The number of anilines is 1. The fourth-order valence-corrected chi connectivity index (χ4v) is 2.33. The Morgan fingerprint density at radius 2 is 2.32 bits per heavy atom. The summed E-state index contributed by atoms with van der Waals surface area (Å²) >= 11 is 0. The van der Waals surface area contributed by atoms with E-state index in [1.54, 1.807) is 24.0 Å². The largest absolute Gasteiger partial charge is 0.481 e. The van der Waals surface area contributed by atoms with Crippen LogP contribution in [0.2, 0.25) is 0 Å². The van der Waals surface area contributed by atoms with Gasteiger partial charge in [0, 0.05) is 32.4 Å². The summed E-state index contributed by atoms with van der Waals surface area (Å²) in [5, 5.41) is 16.0. The summed E-state index contributed by atoms with van der Waals surface area (Å²) < 4.78 is 1.59. The van der Waals surface area contributed by atoms with Gasteiger partial charge in [0.1, 0.15) is 0 Å². The second kappa shape index (κ2) is 4.91. The number of carboxylic acid groups (broad SMARTS) is 1. The molecule has 104 valence electrons. The van der Waals surface area contributed by atoms with E-state index in [4.69, 9.17) is 0 Å². The van der Waals surface area contributed by atoms with Gasteiger partial charge in [-0.2, -0.15) is 5.10 Å². The van der Waals surface area contributed by atoms with Crippen LogP contribution in [0.5, 0.6) is 0 Å². The summed E-state index contributed by atoms with van der Waals surface area (Å²) in [6, 6.07) is 1.40. The van der Waals surface area contributed by atoms with Crippen molar-refractivity contribution in [1.82, 2.24) is 14.7 Å². The van der Waals surface area contributed by atoms with Gasteiger partial charge in [0.15, 0.2) is 5.82 Å². The Kier molecular flexibility index (Phi) is 3.46. The van der Waals surface area contributed by atoms with E-state index in [2.05, 4.69) is 10.4 Å². The Labute approximate surface area is 111 Å². The van der Waals surface area contributed by atoms with Crippen molar-refractivity contribution in [3.05, 3.63) is 12.3 Å². The van der Waals surface area contributed by atoms with Crippen LogP contribution in [0.1, 0.15) is 19.8 Å². The minimum Gasteiger partial charge on any atom is -0.481 e. The second-order valence-electron chi connectivity index (χ2n) is 4.92. The molecule has 2 rings (SSSR count). The molecule has 1 fully saturated rings. The quantitative estimate of drug-likeness (QED) is 0.858. The molecule has 1 saturated heterocycles. The van der Waals surface area contributed by atoms with Gasteiger partial charge < -0.3 is 10.0 Å². The van der Waals surface area contributed by atoms with Crippen molar-refractivity contribution in [2.45, 2.75) is 19.8 Å². The van der Waals surface area contributed by atoms with Crippen LogP contribution < -0.4 is 5.32 Å². The van der Waals surface area contributed by atoms with Gasteiger partial charge in [0.25, 0.3) is 0 Å². The predicted molar refractivity (Wildman–Crippen MR) is 68.8 cm³/mol. The minimum atomic E-state index is -0.830. The minimum absolute atomic E-state index is 0.248. The van der Waals surface area contributed by atoms with Gasteiger partial charge >= 0.3 is 12.0 Å². The Balaban J connectivity index is 2.00. The lowest BCUT2D eigenvalue weighted by Crippen LogP contribution is -2.38. The molecular weight excluding hydrogens is 248 g/mol. The van der Waals surface area contributed by atoms with Gasteiger partial charge in [-0.25, -0.2) is 4.79 Å². The number of hydrogen-bond donors (Lipinski definition) is 2. The van der Waals surface area contributed by atoms with E-state index >= 15 is 0 Å². The van der Waals surface area contributed by atoms with Crippen molar-refractivity contribution in [3.63, 3.8) is 0 Å². The summed E-state index contributed by atoms with van der Waals surface area (Å²) in [6.45, 7) is 2.55. The summed E-state index contributed by atoms with van der Waals surface area (Å²) in [5.41, 5.74) is -0.804. The van der Waals surface area contributed by atoms with E-state index in [1.165, 1.54) is 4.90 Å². The number of aromatic nitrogens is 2. The van der Waals surface area contributed by atoms with Gasteiger partial charge in [-0.05, 0) is 12.8 Å². The van der Waals surface area contributed by atoms with Crippen LogP contribution in [0.25, 0.3) is 0 Å². The Morgan fingerprint density at radius 1 is 1.58 bits per heavy atom. The highest BCUT2D eigenvalue weighted by Crippen LogP contribution is 2.34. The topological polar surface area (TPSA) is 87.5 Å². The van der Waals surface area contributed by atoms with Crippen LogP contribution in [0.3, 0.4) is 0 Å². The number of nitrogens with one attached hydrogen (secondary N) is 1. The number of carbonyl (C=O) groups is 2. The number of nitrogens with zero attached hydrogens (tertiary/aromatic N) is 3. The molecule has 7 heteroatoms. The first-order valence-corrected chi connectivity index (χ1v) is 6.26. The number of aliphatic carboxylic acids is 1. The van der Waals surface area contributed by atoms with Gasteiger partial charge in [-0.3, -0.25) is 14.8 Å². The van der Waals surface area contributed by atoms with Crippen molar-refractivity contribution < 1.29 is 14.7 Å². The lowest BCUT2D eigenvalue weighted by molar-refractivity contribution is -0.148. The van der Waals surface area contributed by atoms with Gasteiger partial charge in [-0.15, -0.1) is 0 Å². The van der Waals surface area contributed by atoms with E-state index < -0.39 is 11.4 Å². The molecule has 2 N–H and O–H groups in total. The van der Waals surface area contributed by atoms with Crippen molar-refractivity contribution in [3.8, 4) is 0 Å². The SMILES string of the molecule is CCC1(C(=O)O)CCN(C(=O)Nc2ccn(C)n2)C1. The van der Waals surface area contributed by atoms with E-state index in [-0.39, 0.29) is 12.6 Å². The van der Waals surface area contributed by atoms with Crippen LogP contribution in [-0.4, -0.2) is 44.9 Å². The predicted octanol–water partition coefficient (Wildman–Crippen LogP) is 1.14. The Bertz CT molecular complexity index is 499. The highest BCUT2D eigenvalue weighted by atomic mass is 16.4. The van der Waals surface area contributed by atoms with E-state index in [0.29, 0.717) is 25.2 Å². The molecule has 7 nitrogen and oxygen atoms in total. The van der Waals surface area contributed by atoms with Gasteiger partial charge in [0.05, 0.1) is 5.41 Å². The zero-order valence-corrected chi connectivity index (χ0v) is 11.1. The number of hydrogen-bond acceptors (Lipinski definition) is 3. The molecule has 2 amide bonds. The van der Waals surface area contributed by atoms with Crippen LogP contribution in [0.4, 0.5) is 10.6 Å². The first-order valence-electron chi connectivity index (χ1n) is 6.26. The highest BCUT2D eigenvalue weighted by molar-refractivity contribution is 5.89. The number of aryl methyl sites for hydroxylation is 1. The summed E-state index contributed by atoms with van der Waals surface area (Å²) in [5.74, 6) is -0.361. The van der Waals surface area contributed by atoms with Crippen molar-refractivity contribution in [2.75, 3.05) is 18.4 Å². The van der Waals surface area contributed by atoms with Gasteiger partial charge in [0.2, 0.25) is 0 Å². The monoisotopic (exact) mass is 266 g/mol. The molecule has 1 atom stereocenters. The fourth-order valence-electron chi connectivity index (χ4n) is 2.33. The molecule has 0 bridgehead atoms. The van der Waals surface area contributed by atoms with Crippen LogP contribution in [0.15, 0.2) is 12.3 Å². The molecule has 1 aromatic rings. The molecule has 0 radical (unpaired) electrons. The van der Waals surface area contributed by atoms with E-state index in [0.717, 1.165) is 0 Å².